The molecule has 2 nitrogen and oxygen atoms in total. The van der Waals surface area contributed by atoms with Gasteiger partial charge < -0.3 is 4.90 Å². The molecular formula is C83H58N2S3. The summed E-state index contributed by atoms with van der Waals surface area (Å²) >= 11 is 5.79. The molecule has 0 N–H and O–H groups in total. The second-order valence-electron chi connectivity index (χ2n) is 25.2. The van der Waals surface area contributed by atoms with E-state index in [1.807, 2.05) is 46.1 Å². The quantitative estimate of drug-likeness (QED) is 0.149. The summed E-state index contributed by atoms with van der Waals surface area (Å²) < 4.78 is 6.57. The Balaban J connectivity index is 0.968. The molecule has 0 radical (unpaired) electrons. The van der Waals surface area contributed by atoms with Crippen LogP contribution in [0.4, 0.5) is 11.4 Å². The highest BCUT2D eigenvalue weighted by Crippen LogP contribution is 2.68. The fourth-order valence-corrected chi connectivity index (χ4v) is 20.3. The third kappa shape index (κ3) is 7.14. The van der Waals surface area contributed by atoms with E-state index < -0.39 is 5.41 Å². The van der Waals surface area contributed by atoms with Crippen LogP contribution in [0.25, 0.3) is 88.8 Å². The van der Waals surface area contributed by atoms with E-state index in [0.717, 1.165) is 24.2 Å². The van der Waals surface area contributed by atoms with Crippen molar-refractivity contribution < 1.29 is 0 Å². The minimum absolute atomic E-state index is 0.0899. The van der Waals surface area contributed by atoms with Gasteiger partial charge >= 0.3 is 0 Å². The van der Waals surface area contributed by atoms with Gasteiger partial charge in [0.05, 0.1) is 33.3 Å². The normalized spacial score (nSPS) is 15.1. The van der Waals surface area contributed by atoms with Gasteiger partial charge in [-0.05, 0) is 162 Å². The van der Waals surface area contributed by atoms with Gasteiger partial charge in [0.25, 0.3) is 0 Å². The number of benzene rings is 12. The van der Waals surface area contributed by atoms with Crippen molar-refractivity contribution in [3.63, 3.8) is 0 Å². The molecule has 418 valence electrons. The summed E-state index contributed by atoms with van der Waals surface area (Å²) in [6, 6.07) is 92.8. The number of aryl methyl sites for hydroxylation is 2. The van der Waals surface area contributed by atoms with Crippen molar-refractivity contribution in [3.05, 3.63) is 314 Å². The average molecular weight is 1180 g/mol. The van der Waals surface area contributed by atoms with Crippen LogP contribution in [0.15, 0.2) is 243 Å². The van der Waals surface area contributed by atoms with E-state index in [4.69, 9.17) is 0 Å². The number of nitrogens with zero attached hydrogens (tertiary/aromatic N) is 2. The molecular weight excluding hydrogens is 1120 g/mol. The van der Waals surface area contributed by atoms with Crippen LogP contribution in [-0.2, 0) is 17.3 Å². The Hall–Kier alpha value is -9.41. The van der Waals surface area contributed by atoms with Crippen molar-refractivity contribution in [2.45, 2.75) is 63.2 Å². The molecule has 88 heavy (non-hydrogen) atoms. The van der Waals surface area contributed by atoms with E-state index in [9.17, 15) is 5.26 Å². The van der Waals surface area contributed by atoms with Crippen molar-refractivity contribution >= 4 is 123 Å². The maximum atomic E-state index is 10.3. The summed E-state index contributed by atoms with van der Waals surface area (Å²) in [5.74, 6) is 0.203. The Bertz CT molecular complexity index is 5500. The molecule has 0 fully saturated rings. The fraction of sp³-hybridized carbons (Fsp3) is 0.120. The minimum Gasteiger partial charge on any atom is -0.309 e. The third-order valence-electron chi connectivity index (χ3n) is 20.3. The predicted molar refractivity (Wildman–Crippen MR) is 376 cm³/mol. The third-order valence-corrected chi connectivity index (χ3v) is 24.0. The standard InChI is InChI=1S/C83H58N2S3/c1-48-35-39-51(40-36-48)74(62-26-17-24-59-55-20-7-14-32-71(55)86-79(59)62)49(2)52-41-44-58-63(45-52)54-19-5-6-22-57(54)76-77-68(83(78(58)76)66-29-12-10-27-64(66)82(3,4)65-28-11-13-30-67(65)83)46-70(75-61-23-9-16-34-73(61)88-81(75)77)85(53-42-37-50(47-84)38-43-53)69-31-18-25-60-56-21-8-15-33-72(56)87-80(60)69/h5-17,19-24,26-46,49,74H,18,25H2,1-4H3. The van der Waals surface area contributed by atoms with E-state index in [-0.39, 0.29) is 17.3 Å². The van der Waals surface area contributed by atoms with E-state index >= 15 is 0 Å². The van der Waals surface area contributed by atoms with Crippen LogP contribution in [-0.4, -0.2) is 0 Å². The number of hydrogen-bond acceptors (Lipinski definition) is 5. The molecule has 0 amide bonds. The van der Waals surface area contributed by atoms with E-state index in [2.05, 4.69) is 269 Å². The molecule has 1 spiro atoms. The Morgan fingerprint density at radius 1 is 0.489 bits per heavy atom. The second kappa shape index (κ2) is 19.3. The zero-order valence-corrected chi connectivity index (χ0v) is 51.7. The largest absolute Gasteiger partial charge is 0.309 e. The van der Waals surface area contributed by atoms with Gasteiger partial charge in [0, 0.05) is 67.6 Å². The first kappa shape index (κ1) is 51.8. The van der Waals surface area contributed by atoms with Gasteiger partial charge in [0.2, 0.25) is 0 Å². The van der Waals surface area contributed by atoms with Crippen molar-refractivity contribution in [2.75, 3.05) is 4.90 Å². The summed E-state index contributed by atoms with van der Waals surface area (Å²) in [5.41, 5.74) is 20.4. The molecule has 2 unspecified atom stereocenters. The molecule has 2 atom stereocenters. The second-order valence-corrected chi connectivity index (χ2v) is 28.4. The van der Waals surface area contributed by atoms with Gasteiger partial charge in [-0.15, -0.1) is 34.0 Å². The van der Waals surface area contributed by atoms with Gasteiger partial charge in [0.1, 0.15) is 0 Å². The lowest BCUT2D eigenvalue weighted by atomic mass is 9.55. The summed E-state index contributed by atoms with van der Waals surface area (Å²) in [7, 11) is 0. The van der Waals surface area contributed by atoms with Crippen LogP contribution in [0.2, 0.25) is 0 Å². The molecule has 0 saturated heterocycles. The molecule has 3 aromatic heterocycles. The average Bonchev–Trinajstić information content (AvgIpc) is 1.48. The first-order valence-electron chi connectivity index (χ1n) is 30.9. The number of fused-ring (bicyclic) bond motifs is 24. The highest BCUT2D eigenvalue weighted by atomic mass is 32.1. The lowest BCUT2D eigenvalue weighted by Gasteiger charge is -2.47. The van der Waals surface area contributed by atoms with Crippen molar-refractivity contribution in [1.82, 2.24) is 0 Å². The van der Waals surface area contributed by atoms with E-state index in [1.54, 1.807) is 0 Å². The lowest BCUT2D eigenvalue weighted by molar-refractivity contribution is 0.565. The number of hydrogen-bond donors (Lipinski definition) is 0. The topological polar surface area (TPSA) is 27.0 Å². The highest BCUT2D eigenvalue weighted by Gasteiger charge is 2.56. The van der Waals surface area contributed by atoms with Crippen molar-refractivity contribution in [3.8, 4) is 17.2 Å². The zero-order valence-electron chi connectivity index (χ0n) is 49.3. The Morgan fingerprint density at radius 2 is 1.08 bits per heavy atom. The fourth-order valence-electron chi connectivity index (χ4n) is 16.4. The maximum Gasteiger partial charge on any atom is 0.0991 e. The Labute approximate surface area is 524 Å². The summed E-state index contributed by atoms with van der Waals surface area (Å²) in [6.07, 6.45) is 4.40. The molecule has 3 heterocycles. The van der Waals surface area contributed by atoms with Crippen LogP contribution in [0.5, 0.6) is 0 Å². The smallest absolute Gasteiger partial charge is 0.0991 e. The summed E-state index contributed by atoms with van der Waals surface area (Å²) in [5, 5.41) is 21.9. The molecule has 12 aromatic carbocycles. The van der Waals surface area contributed by atoms with Gasteiger partial charge in [-0.3, -0.25) is 0 Å². The molecule has 15 aromatic rings. The minimum atomic E-state index is -0.761. The Kier molecular flexibility index (Phi) is 11.4. The van der Waals surface area contributed by atoms with Gasteiger partial charge in [-0.25, -0.2) is 0 Å². The van der Waals surface area contributed by atoms with Crippen molar-refractivity contribution in [2.24, 2.45) is 0 Å². The number of anilines is 2. The molecule has 5 heteroatoms. The lowest BCUT2D eigenvalue weighted by Crippen LogP contribution is -2.40. The monoisotopic (exact) mass is 1180 g/mol. The number of allylic oxidation sites excluding steroid dienone is 1. The van der Waals surface area contributed by atoms with Crippen LogP contribution in [0.1, 0.15) is 111 Å². The van der Waals surface area contributed by atoms with Crippen LogP contribution in [0.3, 0.4) is 0 Å². The van der Waals surface area contributed by atoms with Crippen LogP contribution in [0, 0.1) is 18.3 Å². The summed E-state index contributed by atoms with van der Waals surface area (Å²) in [4.78, 5) is 3.90. The molecule has 18 rings (SSSR count). The number of rotatable bonds is 7. The van der Waals surface area contributed by atoms with Crippen LogP contribution < -0.4 is 4.90 Å². The number of nitriles is 1. The predicted octanol–water partition coefficient (Wildman–Crippen LogP) is 23.2. The number of thiophene rings is 3. The SMILES string of the molecule is Cc1ccc(C(c2cccc3c2sc2ccccc23)C(C)c2ccc3c4c(c5ccccc5c3c2)-c2c(cc(N(C3=CCCc5c3sc3ccccc53)c3ccc(C#N)cc3)c3c2sc2ccccc23)C42c3ccccc3C(C)(C)c3ccccc32)cc1. The highest BCUT2D eigenvalue weighted by molar-refractivity contribution is 7.26. The zero-order chi connectivity index (χ0) is 58.7. The summed E-state index contributed by atoms with van der Waals surface area (Å²) in [6.45, 7) is 9.55. The van der Waals surface area contributed by atoms with E-state index in [1.165, 1.54) is 155 Å². The molecule has 0 aliphatic heterocycles. The van der Waals surface area contributed by atoms with Gasteiger partial charge in [-0.2, -0.15) is 5.26 Å². The van der Waals surface area contributed by atoms with E-state index in [0.29, 0.717) is 5.56 Å². The van der Waals surface area contributed by atoms with Gasteiger partial charge in [-0.1, -0.05) is 220 Å². The van der Waals surface area contributed by atoms with Gasteiger partial charge in [0.15, 0.2) is 0 Å². The molecule has 3 aliphatic carbocycles. The molecule has 3 aliphatic rings. The first-order chi connectivity index (χ1) is 43.2. The molecule has 0 bridgehead atoms. The van der Waals surface area contributed by atoms with Crippen LogP contribution >= 0.6 is 34.0 Å². The maximum absolute atomic E-state index is 10.3. The van der Waals surface area contributed by atoms with Crippen molar-refractivity contribution in [1.29, 1.82) is 5.26 Å². The Morgan fingerprint density at radius 3 is 1.80 bits per heavy atom. The molecule has 0 saturated carbocycles. The first-order valence-corrected chi connectivity index (χ1v) is 33.3.